The summed E-state index contributed by atoms with van der Waals surface area (Å²) in [6.07, 6.45) is 0.411. The lowest BCUT2D eigenvalue weighted by Gasteiger charge is -2.23. The zero-order valence-electron chi connectivity index (χ0n) is 11.4. The van der Waals surface area contributed by atoms with E-state index in [0.29, 0.717) is 0 Å². The highest BCUT2D eigenvalue weighted by atomic mass is 79.9. The summed E-state index contributed by atoms with van der Waals surface area (Å²) in [5.74, 6) is 0. The highest BCUT2D eigenvalue weighted by molar-refractivity contribution is 9.10. The highest BCUT2D eigenvalue weighted by Gasteiger charge is 2.20. The number of hydrogen-bond donors (Lipinski definition) is 1. The molecule has 0 spiro atoms. The molecular formula is C14H19Br2NO2. The molecule has 0 aliphatic heterocycles. The van der Waals surface area contributed by atoms with Gasteiger partial charge in [-0.3, -0.25) is 0 Å². The van der Waals surface area contributed by atoms with Crippen molar-refractivity contribution >= 4 is 38.0 Å². The molecule has 0 aliphatic rings. The predicted octanol–water partition coefficient (Wildman–Crippen LogP) is 4.80. The van der Waals surface area contributed by atoms with Gasteiger partial charge in [0, 0.05) is 9.80 Å². The molecule has 106 valence electrons. The Balaban J connectivity index is 2.76. The number of alkyl carbamates (subject to hydrolysis) is 1. The molecule has 19 heavy (non-hydrogen) atoms. The van der Waals surface area contributed by atoms with Crippen molar-refractivity contribution in [2.24, 2.45) is 0 Å². The molecule has 1 rings (SSSR count). The number of rotatable bonds is 4. The average Bonchev–Trinajstić information content (AvgIpc) is 2.26. The summed E-state index contributed by atoms with van der Waals surface area (Å²) in [4.78, 5) is 11.8. The molecule has 0 fully saturated rings. The number of halogens is 2. The lowest BCUT2D eigenvalue weighted by Crippen LogP contribution is -2.35. The molecule has 5 heteroatoms. The van der Waals surface area contributed by atoms with Crippen LogP contribution in [0.2, 0.25) is 0 Å². The van der Waals surface area contributed by atoms with Crippen molar-refractivity contribution in [3.63, 3.8) is 0 Å². The number of ether oxygens (including phenoxy) is 1. The van der Waals surface area contributed by atoms with Crippen LogP contribution in [0.5, 0.6) is 0 Å². The Morgan fingerprint density at radius 2 is 2.11 bits per heavy atom. The van der Waals surface area contributed by atoms with Gasteiger partial charge in [-0.1, -0.05) is 44.0 Å². The minimum atomic E-state index is -0.486. The summed E-state index contributed by atoms with van der Waals surface area (Å²) >= 11 is 6.85. The standard InChI is InChI=1S/C14H19Br2NO2/c1-14(2,3)19-13(18)17-12(7-8-15)10-5-4-6-11(16)9-10/h4-6,9,12H,7-8H2,1-3H3,(H,17,18). The van der Waals surface area contributed by atoms with Crippen molar-refractivity contribution in [3.05, 3.63) is 34.3 Å². The summed E-state index contributed by atoms with van der Waals surface area (Å²) in [6.45, 7) is 5.56. The molecule has 0 saturated heterocycles. The van der Waals surface area contributed by atoms with Crippen molar-refractivity contribution in [1.82, 2.24) is 5.32 Å². The molecule has 1 atom stereocenters. The molecule has 1 amide bonds. The zero-order valence-corrected chi connectivity index (χ0v) is 14.5. The third-order valence-corrected chi connectivity index (χ3v) is 3.29. The number of hydrogen-bond acceptors (Lipinski definition) is 2. The second kappa shape index (κ2) is 7.29. The molecule has 0 radical (unpaired) electrons. The number of alkyl halides is 1. The Bertz CT molecular complexity index is 430. The van der Waals surface area contributed by atoms with Crippen LogP contribution >= 0.6 is 31.9 Å². The summed E-state index contributed by atoms with van der Waals surface area (Å²) < 4.78 is 6.29. The molecule has 0 heterocycles. The van der Waals surface area contributed by atoms with Gasteiger partial charge in [-0.25, -0.2) is 4.79 Å². The van der Waals surface area contributed by atoms with Gasteiger partial charge in [0.2, 0.25) is 0 Å². The molecule has 1 unspecified atom stereocenters. The van der Waals surface area contributed by atoms with Gasteiger partial charge < -0.3 is 10.1 Å². The molecule has 1 aromatic rings. The number of carbonyl (C=O) groups is 1. The Kier molecular flexibility index (Phi) is 6.33. The maximum Gasteiger partial charge on any atom is 0.408 e. The first-order chi connectivity index (χ1) is 8.81. The van der Waals surface area contributed by atoms with E-state index in [4.69, 9.17) is 4.74 Å². The highest BCUT2D eigenvalue weighted by Crippen LogP contribution is 2.22. The number of benzene rings is 1. The Hall–Kier alpha value is -0.550. The maximum atomic E-state index is 11.8. The van der Waals surface area contributed by atoms with E-state index in [2.05, 4.69) is 37.2 Å². The molecule has 0 aromatic heterocycles. The van der Waals surface area contributed by atoms with Crippen LogP contribution in [0.3, 0.4) is 0 Å². The lowest BCUT2D eigenvalue weighted by atomic mass is 10.1. The zero-order chi connectivity index (χ0) is 14.5. The van der Waals surface area contributed by atoms with E-state index in [1.807, 2.05) is 45.0 Å². The molecule has 1 aromatic carbocycles. The van der Waals surface area contributed by atoms with Gasteiger partial charge in [-0.15, -0.1) is 0 Å². The van der Waals surface area contributed by atoms with Crippen LogP contribution in [0, 0.1) is 0 Å². The van der Waals surface area contributed by atoms with Crippen LogP contribution in [-0.2, 0) is 4.74 Å². The van der Waals surface area contributed by atoms with Crippen LogP contribution in [0.1, 0.15) is 38.8 Å². The molecule has 0 saturated carbocycles. The van der Waals surface area contributed by atoms with Gasteiger partial charge in [0.05, 0.1) is 6.04 Å². The summed E-state index contributed by atoms with van der Waals surface area (Å²) in [5.41, 5.74) is 0.569. The monoisotopic (exact) mass is 391 g/mol. The van der Waals surface area contributed by atoms with Crippen molar-refractivity contribution in [3.8, 4) is 0 Å². The van der Waals surface area contributed by atoms with Crippen molar-refractivity contribution in [2.45, 2.75) is 38.8 Å². The van der Waals surface area contributed by atoms with Gasteiger partial charge in [-0.05, 0) is 44.9 Å². The first-order valence-corrected chi connectivity index (χ1v) is 8.04. The van der Waals surface area contributed by atoms with Crippen molar-refractivity contribution in [1.29, 1.82) is 0 Å². The molecular weight excluding hydrogens is 374 g/mol. The largest absolute Gasteiger partial charge is 0.444 e. The third kappa shape index (κ3) is 6.43. The van der Waals surface area contributed by atoms with Gasteiger partial charge in [0.25, 0.3) is 0 Å². The number of carbonyl (C=O) groups excluding carboxylic acids is 1. The van der Waals surface area contributed by atoms with Crippen LogP contribution in [-0.4, -0.2) is 17.0 Å². The average molecular weight is 393 g/mol. The van der Waals surface area contributed by atoms with Gasteiger partial charge in [-0.2, -0.15) is 0 Å². The normalized spacial score (nSPS) is 12.9. The SMILES string of the molecule is CC(C)(C)OC(=O)NC(CCBr)c1cccc(Br)c1. The van der Waals surface area contributed by atoms with Crippen LogP contribution in [0.15, 0.2) is 28.7 Å². The fourth-order valence-electron chi connectivity index (χ4n) is 1.60. The maximum absolute atomic E-state index is 11.8. The fraction of sp³-hybridized carbons (Fsp3) is 0.500. The minimum absolute atomic E-state index is 0.0632. The summed E-state index contributed by atoms with van der Waals surface area (Å²) in [6, 6.07) is 7.85. The molecule has 0 bridgehead atoms. The van der Waals surface area contributed by atoms with E-state index in [0.717, 1.165) is 21.8 Å². The molecule has 0 aliphatic carbocycles. The van der Waals surface area contributed by atoms with E-state index < -0.39 is 11.7 Å². The Morgan fingerprint density at radius 3 is 2.63 bits per heavy atom. The van der Waals surface area contributed by atoms with Gasteiger partial charge in [0.15, 0.2) is 0 Å². The topological polar surface area (TPSA) is 38.3 Å². The lowest BCUT2D eigenvalue weighted by molar-refractivity contribution is 0.0502. The minimum Gasteiger partial charge on any atom is -0.444 e. The quantitative estimate of drug-likeness (QED) is 0.747. The Morgan fingerprint density at radius 1 is 1.42 bits per heavy atom. The molecule has 1 N–H and O–H groups in total. The second-order valence-corrected chi connectivity index (χ2v) is 6.94. The number of amides is 1. The smallest absolute Gasteiger partial charge is 0.408 e. The van der Waals surface area contributed by atoms with Crippen LogP contribution in [0.25, 0.3) is 0 Å². The van der Waals surface area contributed by atoms with Gasteiger partial charge >= 0.3 is 6.09 Å². The predicted molar refractivity (Wildman–Crippen MR) is 84.7 cm³/mol. The van der Waals surface area contributed by atoms with Gasteiger partial charge in [0.1, 0.15) is 5.60 Å². The van der Waals surface area contributed by atoms with E-state index in [9.17, 15) is 4.79 Å². The second-order valence-electron chi connectivity index (χ2n) is 5.23. The third-order valence-electron chi connectivity index (χ3n) is 2.34. The molecule has 3 nitrogen and oxygen atoms in total. The first-order valence-electron chi connectivity index (χ1n) is 6.13. The van der Waals surface area contributed by atoms with E-state index >= 15 is 0 Å². The fourth-order valence-corrected chi connectivity index (χ4v) is 2.48. The van der Waals surface area contributed by atoms with E-state index in [-0.39, 0.29) is 6.04 Å². The van der Waals surface area contributed by atoms with E-state index in [1.54, 1.807) is 0 Å². The summed E-state index contributed by atoms with van der Waals surface area (Å²) in [5, 5.41) is 3.71. The van der Waals surface area contributed by atoms with E-state index in [1.165, 1.54) is 0 Å². The van der Waals surface area contributed by atoms with Crippen LogP contribution in [0.4, 0.5) is 4.79 Å². The first kappa shape index (κ1) is 16.5. The Labute approximate surface area is 131 Å². The van der Waals surface area contributed by atoms with Crippen LogP contribution < -0.4 is 5.32 Å². The summed E-state index contributed by atoms with van der Waals surface area (Å²) in [7, 11) is 0. The van der Waals surface area contributed by atoms with Crippen molar-refractivity contribution in [2.75, 3.05) is 5.33 Å². The number of nitrogens with one attached hydrogen (secondary N) is 1. The van der Waals surface area contributed by atoms with Crippen molar-refractivity contribution < 1.29 is 9.53 Å².